The first-order valence-electron chi connectivity index (χ1n) is 6.34. The number of carbonyl (C=O) groups excluding carboxylic acids is 1. The summed E-state index contributed by atoms with van der Waals surface area (Å²) in [5, 5.41) is 0. The van der Waals surface area contributed by atoms with E-state index in [1.54, 1.807) is 6.20 Å². The quantitative estimate of drug-likeness (QED) is 0.680. The minimum atomic E-state index is -0.0911. The van der Waals surface area contributed by atoms with Crippen molar-refractivity contribution in [3.05, 3.63) is 30.1 Å². The molecule has 0 fully saturated rings. The Morgan fingerprint density at radius 1 is 1.41 bits per heavy atom. The van der Waals surface area contributed by atoms with Crippen LogP contribution in [0.3, 0.4) is 0 Å². The van der Waals surface area contributed by atoms with Crippen molar-refractivity contribution in [2.45, 2.75) is 46.1 Å². The maximum atomic E-state index is 11.8. The highest BCUT2D eigenvalue weighted by molar-refractivity contribution is 5.72. The first-order valence-corrected chi connectivity index (χ1v) is 6.34. The third-order valence-corrected chi connectivity index (χ3v) is 2.82. The molecule has 17 heavy (non-hydrogen) atoms. The number of aromatic nitrogens is 1. The minimum Gasteiger partial charge on any atom is -0.459 e. The number of hydrogen-bond acceptors (Lipinski definition) is 3. The molecular weight excluding hydrogens is 214 g/mol. The monoisotopic (exact) mass is 235 g/mol. The summed E-state index contributed by atoms with van der Waals surface area (Å²) in [6.45, 7) is 4.44. The van der Waals surface area contributed by atoms with Gasteiger partial charge in [-0.05, 0) is 25.0 Å². The van der Waals surface area contributed by atoms with Crippen LogP contribution in [-0.2, 0) is 16.1 Å². The van der Waals surface area contributed by atoms with Crippen molar-refractivity contribution in [3.8, 4) is 0 Å². The van der Waals surface area contributed by atoms with Gasteiger partial charge in [-0.25, -0.2) is 0 Å². The van der Waals surface area contributed by atoms with Gasteiger partial charge in [0.05, 0.1) is 11.6 Å². The van der Waals surface area contributed by atoms with Gasteiger partial charge in [-0.1, -0.05) is 32.8 Å². The maximum absolute atomic E-state index is 11.8. The van der Waals surface area contributed by atoms with Gasteiger partial charge >= 0.3 is 5.97 Å². The molecule has 1 atom stereocenters. The zero-order chi connectivity index (χ0) is 12.5. The summed E-state index contributed by atoms with van der Waals surface area (Å²) >= 11 is 0. The molecule has 3 heteroatoms. The Morgan fingerprint density at radius 3 is 2.82 bits per heavy atom. The minimum absolute atomic E-state index is 0.0404. The Bertz CT molecular complexity index is 324. The van der Waals surface area contributed by atoms with Gasteiger partial charge in [0.2, 0.25) is 0 Å². The summed E-state index contributed by atoms with van der Waals surface area (Å²) in [5.41, 5.74) is 0.797. The van der Waals surface area contributed by atoms with Crippen molar-refractivity contribution >= 4 is 5.97 Å². The van der Waals surface area contributed by atoms with Crippen molar-refractivity contribution in [1.82, 2.24) is 4.98 Å². The summed E-state index contributed by atoms with van der Waals surface area (Å²) < 4.78 is 5.28. The zero-order valence-electron chi connectivity index (χ0n) is 10.7. The highest BCUT2D eigenvalue weighted by Crippen LogP contribution is 2.15. The van der Waals surface area contributed by atoms with Crippen molar-refractivity contribution in [2.75, 3.05) is 0 Å². The molecule has 0 N–H and O–H groups in total. The molecule has 0 aromatic carbocycles. The van der Waals surface area contributed by atoms with E-state index >= 15 is 0 Å². The van der Waals surface area contributed by atoms with Gasteiger partial charge in [0.1, 0.15) is 6.61 Å². The fourth-order valence-corrected chi connectivity index (χ4v) is 1.69. The SMILES string of the molecule is CCCCC(CC)C(=O)OCc1ccccn1. The van der Waals surface area contributed by atoms with Crippen molar-refractivity contribution in [1.29, 1.82) is 0 Å². The molecule has 0 spiro atoms. The maximum Gasteiger partial charge on any atom is 0.309 e. The summed E-state index contributed by atoms with van der Waals surface area (Å²) in [6, 6.07) is 5.60. The van der Waals surface area contributed by atoms with Crippen LogP contribution in [0, 0.1) is 5.92 Å². The lowest BCUT2D eigenvalue weighted by Crippen LogP contribution is -2.17. The second kappa shape index (κ2) is 7.82. The number of nitrogens with zero attached hydrogens (tertiary/aromatic N) is 1. The van der Waals surface area contributed by atoms with Gasteiger partial charge in [0.25, 0.3) is 0 Å². The number of carbonyl (C=O) groups is 1. The average molecular weight is 235 g/mol. The third-order valence-electron chi connectivity index (χ3n) is 2.82. The summed E-state index contributed by atoms with van der Waals surface area (Å²) in [7, 11) is 0. The molecular formula is C14H21NO2. The zero-order valence-corrected chi connectivity index (χ0v) is 10.7. The predicted octanol–water partition coefficient (Wildman–Crippen LogP) is 3.34. The Morgan fingerprint density at radius 2 is 2.24 bits per heavy atom. The van der Waals surface area contributed by atoms with Gasteiger partial charge in [0, 0.05) is 6.20 Å². The number of esters is 1. The van der Waals surface area contributed by atoms with E-state index in [4.69, 9.17) is 4.74 Å². The summed E-state index contributed by atoms with van der Waals surface area (Å²) in [4.78, 5) is 15.9. The Hall–Kier alpha value is -1.38. The van der Waals surface area contributed by atoms with E-state index in [1.165, 1.54) is 0 Å². The molecule has 0 radical (unpaired) electrons. The molecule has 0 bridgehead atoms. The molecule has 0 aliphatic carbocycles. The van der Waals surface area contributed by atoms with Crippen LogP contribution in [0.4, 0.5) is 0 Å². The molecule has 94 valence electrons. The highest BCUT2D eigenvalue weighted by atomic mass is 16.5. The van der Waals surface area contributed by atoms with Crippen molar-refractivity contribution < 1.29 is 9.53 Å². The molecule has 0 saturated heterocycles. The Kier molecular flexibility index (Phi) is 6.30. The van der Waals surface area contributed by atoms with Crippen LogP contribution in [-0.4, -0.2) is 11.0 Å². The molecule has 1 aromatic heterocycles. The summed E-state index contributed by atoms with van der Waals surface area (Å²) in [6.07, 6.45) is 5.67. The van der Waals surface area contributed by atoms with E-state index < -0.39 is 0 Å². The number of pyridine rings is 1. The lowest BCUT2D eigenvalue weighted by molar-refractivity contribution is -0.150. The van der Waals surface area contributed by atoms with Crippen LogP contribution in [0.15, 0.2) is 24.4 Å². The number of unbranched alkanes of at least 4 members (excludes halogenated alkanes) is 1. The van der Waals surface area contributed by atoms with E-state index in [-0.39, 0.29) is 18.5 Å². The van der Waals surface area contributed by atoms with E-state index in [0.29, 0.717) is 0 Å². The average Bonchev–Trinajstić information content (AvgIpc) is 2.38. The molecule has 0 saturated carbocycles. The largest absolute Gasteiger partial charge is 0.459 e. The lowest BCUT2D eigenvalue weighted by Gasteiger charge is -2.13. The van der Waals surface area contributed by atoms with Gasteiger partial charge in [0.15, 0.2) is 0 Å². The molecule has 1 heterocycles. The predicted molar refractivity (Wildman–Crippen MR) is 67.3 cm³/mol. The van der Waals surface area contributed by atoms with Crippen LogP contribution in [0.2, 0.25) is 0 Å². The molecule has 0 aliphatic rings. The second-order valence-electron chi connectivity index (χ2n) is 4.18. The smallest absolute Gasteiger partial charge is 0.309 e. The first-order chi connectivity index (χ1) is 8.27. The molecule has 1 aromatic rings. The van der Waals surface area contributed by atoms with Gasteiger partial charge in [-0.15, -0.1) is 0 Å². The molecule has 0 aliphatic heterocycles. The first kappa shape index (κ1) is 13.7. The van der Waals surface area contributed by atoms with Crippen LogP contribution in [0.1, 0.15) is 45.2 Å². The molecule has 1 rings (SSSR count). The van der Waals surface area contributed by atoms with Gasteiger partial charge in [-0.2, -0.15) is 0 Å². The van der Waals surface area contributed by atoms with Gasteiger partial charge < -0.3 is 4.74 Å². The number of rotatable bonds is 7. The normalized spacial score (nSPS) is 12.1. The van der Waals surface area contributed by atoms with Crippen molar-refractivity contribution in [2.24, 2.45) is 5.92 Å². The second-order valence-corrected chi connectivity index (χ2v) is 4.18. The van der Waals surface area contributed by atoms with Crippen LogP contribution >= 0.6 is 0 Å². The molecule has 1 unspecified atom stereocenters. The fourth-order valence-electron chi connectivity index (χ4n) is 1.69. The van der Waals surface area contributed by atoms with Crippen molar-refractivity contribution in [3.63, 3.8) is 0 Å². The van der Waals surface area contributed by atoms with Crippen LogP contribution in [0.5, 0.6) is 0 Å². The Labute approximate surface area is 103 Å². The van der Waals surface area contributed by atoms with Crippen LogP contribution < -0.4 is 0 Å². The number of hydrogen-bond donors (Lipinski definition) is 0. The van der Waals surface area contributed by atoms with E-state index in [0.717, 1.165) is 31.4 Å². The lowest BCUT2D eigenvalue weighted by atomic mass is 10.00. The van der Waals surface area contributed by atoms with E-state index in [2.05, 4.69) is 11.9 Å². The topological polar surface area (TPSA) is 39.2 Å². The van der Waals surface area contributed by atoms with E-state index in [1.807, 2.05) is 25.1 Å². The standard InChI is InChI=1S/C14H21NO2/c1-3-5-8-12(4-2)14(16)17-11-13-9-6-7-10-15-13/h6-7,9-10,12H,3-5,8,11H2,1-2H3. The van der Waals surface area contributed by atoms with E-state index in [9.17, 15) is 4.79 Å². The highest BCUT2D eigenvalue weighted by Gasteiger charge is 2.17. The van der Waals surface area contributed by atoms with Gasteiger partial charge in [-0.3, -0.25) is 9.78 Å². The Balaban J connectivity index is 2.37. The summed E-state index contributed by atoms with van der Waals surface area (Å²) in [5.74, 6) is -0.0507. The molecule has 0 amide bonds. The third kappa shape index (κ3) is 4.98. The number of ether oxygens (including phenoxy) is 1. The fraction of sp³-hybridized carbons (Fsp3) is 0.571. The van der Waals surface area contributed by atoms with Crippen LogP contribution in [0.25, 0.3) is 0 Å². The molecule has 3 nitrogen and oxygen atoms in total.